The molecule has 212 valence electrons. The molecule has 0 aliphatic carbocycles. The van der Waals surface area contributed by atoms with E-state index in [1.54, 1.807) is 26.4 Å². The first-order valence-corrected chi connectivity index (χ1v) is 13.7. The first-order valence-electron chi connectivity index (χ1n) is 13.3. The Labute approximate surface area is 244 Å². The minimum atomic E-state index is -0.564. The fraction of sp³-hybridized carbons (Fsp3) is 0.323. The number of halogens is 1. The molecule has 1 saturated heterocycles. The largest absolute Gasteiger partial charge is 0.496 e. The lowest BCUT2D eigenvalue weighted by Crippen LogP contribution is -2.40. The Kier molecular flexibility index (Phi) is 7.70. The van der Waals surface area contributed by atoms with Crippen LogP contribution >= 0.6 is 11.6 Å². The van der Waals surface area contributed by atoms with Crippen LogP contribution in [-0.4, -0.2) is 54.4 Å². The molecule has 1 aliphatic rings. The molecule has 0 unspecified atom stereocenters. The number of imidazole rings is 1. The Morgan fingerprint density at radius 3 is 2.46 bits per heavy atom. The van der Waals surface area contributed by atoms with Gasteiger partial charge in [-0.2, -0.15) is 5.26 Å². The van der Waals surface area contributed by atoms with E-state index in [1.807, 2.05) is 67.9 Å². The summed E-state index contributed by atoms with van der Waals surface area (Å²) in [6, 6.07) is 15.2. The van der Waals surface area contributed by atoms with E-state index in [0.29, 0.717) is 34.3 Å². The monoisotopic (exact) mass is 573 g/mol. The molecule has 41 heavy (non-hydrogen) atoms. The Morgan fingerprint density at radius 2 is 1.80 bits per heavy atom. The molecule has 1 amide bonds. The zero-order valence-corrected chi connectivity index (χ0v) is 24.5. The Morgan fingerprint density at radius 1 is 1.07 bits per heavy atom. The highest BCUT2D eigenvalue weighted by molar-refractivity contribution is 6.32. The van der Waals surface area contributed by atoms with Crippen molar-refractivity contribution in [2.75, 3.05) is 32.2 Å². The van der Waals surface area contributed by atoms with Crippen LogP contribution in [0, 0.1) is 11.3 Å². The molecule has 5 rings (SSSR count). The van der Waals surface area contributed by atoms with Gasteiger partial charge in [0.15, 0.2) is 0 Å². The van der Waals surface area contributed by atoms with Gasteiger partial charge in [0.2, 0.25) is 0 Å². The van der Waals surface area contributed by atoms with Gasteiger partial charge in [0, 0.05) is 54.4 Å². The fourth-order valence-electron chi connectivity index (χ4n) is 4.99. The second-order valence-corrected chi connectivity index (χ2v) is 11.3. The Hall–Kier alpha value is -4.42. The summed E-state index contributed by atoms with van der Waals surface area (Å²) in [5, 5.41) is 12.8. The van der Waals surface area contributed by atoms with E-state index in [-0.39, 0.29) is 6.04 Å². The number of anilines is 1. The number of aromatic nitrogens is 2. The molecule has 1 N–H and O–H groups in total. The van der Waals surface area contributed by atoms with Crippen LogP contribution in [0.1, 0.15) is 32.8 Å². The number of benzene rings is 2. The highest BCUT2D eigenvalue weighted by atomic mass is 35.5. The van der Waals surface area contributed by atoms with E-state index in [9.17, 15) is 10.1 Å². The van der Waals surface area contributed by atoms with E-state index < -0.39 is 11.7 Å². The predicted octanol–water partition coefficient (Wildman–Crippen LogP) is 6.31. The molecular formula is C31H32ClN5O4. The molecule has 2 aromatic carbocycles. The Balaban J connectivity index is 1.54. The van der Waals surface area contributed by atoms with Gasteiger partial charge < -0.3 is 28.8 Å². The topological polar surface area (TPSA) is 101 Å². The maximum atomic E-state index is 12.4. The van der Waals surface area contributed by atoms with Gasteiger partial charge in [-0.05, 0) is 51.0 Å². The number of ether oxygens (including phenoxy) is 3. The van der Waals surface area contributed by atoms with Gasteiger partial charge in [-0.3, -0.25) is 0 Å². The standard InChI is InChI=1S/C31H32ClN5O4/c1-31(2,3)41-30(38)34-21-10-11-36(16-21)26-13-29-35-25(22-12-24(32)28(40-5)14-27(22)39-4)18-37(29)17-23(26)20-8-6-19(15-33)7-9-20/h6-9,12-14,17-18,21H,10-11,16H2,1-5H3,(H,34,38)/t21-/m0/s1. The quantitative estimate of drug-likeness (QED) is 0.288. The van der Waals surface area contributed by atoms with Crippen molar-refractivity contribution >= 4 is 29.0 Å². The van der Waals surface area contributed by atoms with Gasteiger partial charge in [0.05, 0.1) is 42.6 Å². The van der Waals surface area contributed by atoms with E-state index in [1.165, 1.54) is 0 Å². The molecule has 0 saturated carbocycles. The maximum Gasteiger partial charge on any atom is 0.407 e. The predicted molar refractivity (Wildman–Crippen MR) is 159 cm³/mol. The number of methoxy groups -OCH3 is 2. The zero-order chi connectivity index (χ0) is 29.3. The van der Waals surface area contributed by atoms with Crippen molar-refractivity contribution in [2.45, 2.75) is 38.8 Å². The molecule has 1 aliphatic heterocycles. The van der Waals surface area contributed by atoms with Gasteiger partial charge in [0.1, 0.15) is 22.7 Å². The summed E-state index contributed by atoms with van der Waals surface area (Å²) in [6.45, 7) is 6.91. The van der Waals surface area contributed by atoms with E-state index in [4.69, 9.17) is 30.8 Å². The number of carbonyl (C=O) groups excluding carboxylic acids is 1. The fourth-order valence-corrected chi connectivity index (χ4v) is 5.23. The zero-order valence-electron chi connectivity index (χ0n) is 23.7. The SMILES string of the molecule is COc1cc(OC)c(-c2cn3cc(-c4ccc(C#N)cc4)c(N4CC[C@H](NC(=O)OC(C)(C)C)C4)cc3n2)cc1Cl. The van der Waals surface area contributed by atoms with Crippen molar-refractivity contribution in [3.8, 4) is 40.0 Å². The van der Waals surface area contributed by atoms with Crippen LogP contribution in [0.15, 0.2) is 54.9 Å². The molecule has 0 radical (unpaired) electrons. The van der Waals surface area contributed by atoms with Crippen molar-refractivity contribution in [3.63, 3.8) is 0 Å². The van der Waals surface area contributed by atoms with E-state index >= 15 is 0 Å². The second kappa shape index (κ2) is 11.2. The lowest BCUT2D eigenvalue weighted by Gasteiger charge is -2.24. The van der Waals surface area contributed by atoms with Crippen molar-refractivity contribution in [1.82, 2.24) is 14.7 Å². The molecule has 0 spiro atoms. The Bertz CT molecular complexity index is 1640. The minimum Gasteiger partial charge on any atom is -0.496 e. The average Bonchev–Trinajstić information content (AvgIpc) is 3.57. The molecule has 3 heterocycles. The van der Waals surface area contributed by atoms with E-state index in [0.717, 1.165) is 41.0 Å². The molecule has 1 atom stereocenters. The third-order valence-corrected chi connectivity index (χ3v) is 7.19. The first-order chi connectivity index (χ1) is 19.6. The average molecular weight is 574 g/mol. The minimum absolute atomic E-state index is 0.0594. The molecule has 4 aromatic rings. The van der Waals surface area contributed by atoms with E-state index in [2.05, 4.69) is 16.3 Å². The molecule has 9 nitrogen and oxygen atoms in total. The van der Waals surface area contributed by atoms with Crippen molar-refractivity contribution < 1.29 is 19.0 Å². The van der Waals surface area contributed by atoms with Crippen LogP contribution in [0.4, 0.5) is 10.5 Å². The number of pyridine rings is 1. The number of carbonyl (C=O) groups is 1. The van der Waals surface area contributed by atoms with Gasteiger partial charge in [-0.15, -0.1) is 0 Å². The van der Waals surface area contributed by atoms with Gasteiger partial charge in [0.25, 0.3) is 0 Å². The summed E-state index contributed by atoms with van der Waals surface area (Å²) in [6.07, 6.45) is 4.33. The number of amides is 1. The van der Waals surface area contributed by atoms with Crippen molar-refractivity contribution in [1.29, 1.82) is 5.26 Å². The third kappa shape index (κ3) is 6.03. The normalized spacial score (nSPS) is 15.0. The highest BCUT2D eigenvalue weighted by Gasteiger charge is 2.28. The van der Waals surface area contributed by atoms with Gasteiger partial charge >= 0.3 is 6.09 Å². The highest BCUT2D eigenvalue weighted by Crippen LogP contribution is 2.40. The van der Waals surface area contributed by atoms with Gasteiger partial charge in [-0.1, -0.05) is 23.7 Å². The summed E-state index contributed by atoms with van der Waals surface area (Å²) in [7, 11) is 3.15. The van der Waals surface area contributed by atoms with Gasteiger partial charge in [-0.25, -0.2) is 9.78 Å². The molecule has 0 bridgehead atoms. The van der Waals surface area contributed by atoms with Crippen LogP contribution < -0.4 is 19.7 Å². The molecular weight excluding hydrogens is 542 g/mol. The van der Waals surface area contributed by atoms with Crippen molar-refractivity contribution in [3.05, 3.63) is 65.4 Å². The van der Waals surface area contributed by atoms with Crippen LogP contribution in [0.25, 0.3) is 28.0 Å². The number of nitrogens with zero attached hydrogens (tertiary/aromatic N) is 4. The molecule has 2 aromatic heterocycles. The number of hydrogen-bond donors (Lipinski definition) is 1. The maximum absolute atomic E-state index is 12.4. The molecule has 1 fully saturated rings. The lowest BCUT2D eigenvalue weighted by atomic mass is 10.0. The summed E-state index contributed by atoms with van der Waals surface area (Å²) >= 11 is 6.45. The number of nitriles is 1. The number of fused-ring (bicyclic) bond motifs is 1. The number of alkyl carbamates (subject to hydrolysis) is 1. The summed E-state index contributed by atoms with van der Waals surface area (Å²) in [4.78, 5) is 19.6. The number of rotatable bonds is 6. The summed E-state index contributed by atoms with van der Waals surface area (Å²) < 4.78 is 18.4. The third-order valence-electron chi connectivity index (χ3n) is 6.90. The second-order valence-electron chi connectivity index (χ2n) is 10.9. The van der Waals surface area contributed by atoms with Crippen molar-refractivity contribution in [2.24, 2.45) is 0 Å². The lowest BCUT2D eigenvalue weighted by molar-refractivity contribution is 0.0509. The molecule has 10 heteroatoms. The van der Waals surface area contributed by atoms with Crippen LogP contribution in [0.3, 0.4) is 0 Å². The summed E-state index contributed by atoms with van der Waals surface area (Å²) in [5.41, 5.74) is 5.12. The van der Waals surface area contributed by atoms with Crippen LogP contribution in [0.2, 0.25) is 5.02 Å². The summed E-state index contributed by atoms with van der Waals surface area (Å²) in [5.74, 6) is 1.11. The van der Waals surface area contributed by atoms with Crippen LogP contribution in [-0.2, 0) is 4.74 Å². The number of nitrogens with one attached hydrogen (secondary N) is 1. The first kappa shape index (κ1) is 28.1. The van der Waals surface area contributed by atoms with Crippen LogP contribution in [0.5, 0.6) is 11.5 Å². The smallest absolute Gasteiger partial charge is 0.407 e. The number of hydrogen-bond acceptors (Lipinski definition) is 7.